The first-order valence-corrected chi connectivity index (χ1v) is 9.54. The molecular weight excluding hydrogens is 467 g/mol. The highest BCUT2D eigenvalue weighted by Crippen LogP contribution is 2.23. The maximum absolute atomic E-state index is 5.46. The highest BCUT2D eigenvalue weighted by molar-refractivity contribution is 14.0. The third-order valence-corrected chi connectivity index (χ3v) is 4.57. The molecule has 2 N–H and O–H groups in total. The van der Waals surface area contributed by atoms with Crippen molar-refractivity contribution in [3.8, 4) is 5.75 Å². The minimum absolute atomic E-state index is 0. The van der Waals surface area contributed by atoms with Gasteiger partial charge in [-0.25, -0.2) is 0 Å². The van der Waals surface area contributed by atoms with Gasteiger partial charge in [-0.3, -0.25) is 4.99 Å². The fourth-order valence-corrected chi connectivity index (χ4v) is 3.27. The fraction of sp³-hybridized carbons (Fsp3) is 0.524. The quantitative estimate of drug-likeness (QED) is 0.324. The van der Waals surface area contributed by atoms with Crippen molar-refractivity contribution in [1.82, 2.24) is 15.8 Å². The molecule has 28 heavy (non-hydrogen) atoms. The van der Waals surface area contributed by atoms with Crippen LogP contribution in [0, 0.1) is 20.8 Å². The Balaban J connectivity index is 0.00000392. The third-order valence-electron chi connectivity index (χ3n) is 4.57. The van der Waals surface area contributed by atoms with E-state index < -0.39 is 0 Å². The lowest BCUT2D eigenvalue weighted by atomic mass is 10.00. The van der Waals surface area contributed by atoms with E-state index in [9.17, 15) is 0 Å². The summed E-state index contributed by atoms with van der Waals surface area (Å²) in [6.45, 7) is 12.5. The van der Waals surface area contributed by atoms with Crippen molar-refractivity contribution < 1.29 is 9.26 Å². The highest BCUT2D eigenvalue weighted by Gasteiger charge is 2.16. The van der Waals surface area contributed by atoms with Crippen LogP contribution in [0.15, 0.2) is 27.7 Å². The molecule has 2 rings (SSSR count). The standard InChI is InChI=1S/C21H32N4O2.HI/c1-7-22-21(24-13-15(3)20-16(4)25-27-17(20)5)23-11-10-18-12-14(2)8-9-19(18)26-6;/h8-9,12,15H,7,10-11,13H2,1-6H3,(H2,22,23,24);1H. The van der Waals surface area contributed by atoms with Crippen molar-refractivity contribution in [2.75, 3.05) is 26.7 Å². The van der Waals surface area contributed by atoms with Crippen LogP contribution in [-0.2, 0) is 6.42 Å². The molecule has 156 valence electrons. The van der Waals surface area contributed by atoms with Gasteiger partial charge in [0.15, 0.2) is 5.96 Å². The first-order valence-electron chi connectivity index (χ1n) is 9.54. The molecule has 2 aromatic rings. The predicted molar refractivity (Wildman–Crippen MR) is 125 cm³/mol. The van der Waals surface area contributed by atoms with Crippen molar-refractivity contribution in [2.45, 2.75) is 47.0 Å². The number of benzene rings is 1. The molecule has 0 aliphatic heterocycles. The highest BCUT2D eigenvalue weighted by atomic mass is 127. The number of aromatic nitrogens is 1. The van der Waals surface area contributed by atoms with Crippen LogP contribution in [0.2, 0.25) is 0 Å². The van der Waals surface area contributed by atoms with Crippen LogP contribution in [0.25, 0.3) is 0 Å². The second-order valence-corrected chi connectivity index (χ2v) is 6.85. The van der Waals surface area contributed by atoms with Crippen LogP contribution < -0.4 is 15.4 Å². The molecule has 0 amide bonds. The first kappa shape index (κ1) is 24.3. The van der Waals surface area contributed by atoms with E-state index in [1.54, 1.807) is 7.11 Å². The maximum atomic E-state index is 5.46. The van der Waals surface area contributed by atoms with Gasteiger partial charge in [-0.15, -0.1) is 24.0 Å². The van der Waals surface area contributed by atoms with E-state index in [1.807, 2.05) is 19.9 Å². The molecule has 7 heteroatoms. The number of hydrogen-bond acceptors (Lipinski definition) is 4. The van der Waals surface area contributed by atoms with E-state index in [0.717, 1.165) is 48.2 Å². The van der Waals surface area contributed by atoms with Gasteiger partial charge in [0.1, 0.15) is 11.5 Å². The van der Waals surface area contributed by atoms with E-state index in [4.69, 9.17) is 14.3 Å². The molecule has 6 nitrogen and oxygen atoms in total. The molecule has 1 atom stereocenters. The number of nitrogens with zero attached hydrogens (tertiary/aromatic N) is 2. The van der Waals surface area contributed by atoms with Gasteiger partial charge in [-0.05, 0) is 45.7 Å². The van der Waals surface area contributed by atoms with Crippen LogP contribution >= 0.6 is 24.0 Å². The van der Waals surface area contributed by atoms with Gasteiger partial charge < -0.3 is 19.9 Å². The number of aryl methyl sites for hydroxylation is 3. The van der Waals surface area contributed by atoms with E-state index in [2.05, 4.69) is 48.7 Å². The van der Waals surface area contributed by atoms with Gasteiger partial charge in [0.25, 0.3) is 0 Å². The van der Waals surface area contributed by atoms with Gasteiger partial charge >= 0.3 is 0 Å². The lowest BCUT2D eigenvalue weighted by Gasteiger charge is -2.14. The Morgan fingerprint density at radius 1 is 1.25 bits per heavy atom. The summed E-state index contributed by atoms with van der Waals surface area (Å²) in [5.41, 5.74) is 4.53. The fourth-order valence-electron chi connectivity index (χ4n) is 3.27. The van der Waals surface area contributed by atoms with Crippen LogP contribution in [0.4, 0.5) is 0 Å². The number of methoxy groups -OCH3 is 1. The Bertz CT molecular complexity index is 754. The summed E-state index contributed by atoms with van der Waals surface area (Å²) in [7, 11) is 1.71. The number of guanidine groups is 1. The minimum atomic E-state index is 0. The zero-order valence-corrected chi connectivity index (χ0v) is 20.1. The average Bonchev–Trinajstić information content (AvgIpc) is 2.98. The second kappa shape index (κ2) is 11.9. The van der Waals surface area contributed by atoms with Gasteiger partial charge in [0.05, 0.1) is 12.8 Å². The molecule has 0 fully saturated rings. The van der Waals surface area contributed by atoms with E-state index in [1.165, 1.54) is 11.1 Å². The zero-order chi connectivity index (χ0) is 19.8. The van der Waals surface area contributed by atoms with E-state index >= 15 is 0 Å². The van der Waals surface area contributed by atoms with Crippen LogP contribution in [0.3, 0.4) is 0 Å². The topological polar surface area (TPSA) is 71.7 Å². The Hall–Kier alpha value is -1.77. The Morgan fingerprint density at radius 3 is 2.61 bits per heavy atom. The van der Waals surface area contributed by atoms with Crippen molar-refractivity contribution in [2.24, 2.45) is 4.99 Å². The summed E-state index contributed by atoms with van der Waals surface area (Å²) in [4.78, 5) is 4.74. The molecule has 1 heterocycles. The summed E-state index contributed by atoms with van der Waals surface area (Å²) in [5, 5.41) is 10.8. The van der Waals surface area contributed by atoms with E-state index in [-0.39, 0.29) is 29.9 Å². The molecule has 1 aromatic carbocycles. The normalized spacial score (nSPS) is 12.3. The SMILES string of the molecule is CCNC(=NCC(C)c1c(C)noc1C)NCCc1cc(C)ccc1OC.I. The Labute approximate surface area is 185 Å². The number of nitrogens with one attached hydrogen (secondary N) is 2. The molecule has 0 radical (unpaired) electrons. The molecule has 1 aromatic heterocycles. The van der Waals surface area contributed by atoms with Crippen molar-refractivity contribution in [1.29, 1.82) is 0 Å². The molecule has 0 saturated heterocycles. The summed E-state index contributed by atoms with van der Waals surface area (Å²) in [6.07, 6.45) is 0.870. The number of rotatable bonds is 8. The predicted octanol–water partition coefficient (Wildman–Crippen LogP) is 4.13. The monoisotopic (exact) mass is 500 g/mol. The third kappa shape index (κ3) is 6.68. The summed E-state index contributed by atoms with van der Waals surface area (Å²) >= 11 is 0. The van der Waals surface area contributed by atoms with Crippen molar-refractivity contribution in [3.63, 3.8) is 0 Å². The number of halogens is 1. The lowest BCUT2D eigenvalue weighted by molar-refractivity contribution is 0.391. The van der Waals surface area contributed by atoms with Gasteiger partial charge in [-0.2, -0.15) is 0 Å². The molecule has 0 bridgehead atoms. The van der Waals surface area contributed by atoms with Gasteiger partial charge in [-0.1, -0.05) is 29.8 Å². The largest absolute Gasteiger partial charge is 0.496 e. The summed E-state index contributed by atoms with van der Waals surface area (Å²) in [5.74, 6) is 2.88. The molecule has 0 aliphatic carbocycles. The number of hydrogen-bond donors (Lipinski definition) is 2. The second-order valence-electron chi connectivity index (χ2n) is 6.85. The average molecular weight is 500 g/mol. The van der Waals surface area contributed by atoms with Gasteiger partial charge in [0.2, 0.25) is 0 Å². The molecule has 1 unspecified atom stereocenters. The Morgan fingerprint density at radius 2 is 2.00 bits per heavy atom. The zero-order valence-electron chi connectivity index (χ0n) is 17.8. The smallest absolute Gasteiger partial charge is 0.191 e. The molecule has 0 aliphatic rings. The van der Waals surface area contributed by atoms with Crippen molar-refractivity contribution >= 4 is 29.9 Å². The minimum Gasteiger partial charge on any atom is -0.496 e. The number of aliphatic imine (C=N–C) groups is 1. The van der Waals surface area contributed by atoms with Crippen molar-refractivity contribution in [3.05, 3.63) is 46.3 Å². The molecule has 0 spiro atoms. The van der Waals surface area contributed by atoms with Crippen LogP contribution in [-0.4, -0.2) is 37.9 Å². The van der Waals surface area contributed by atoms with Crippen LogP contribution in [0.1, 0.15) is 47.9 Å². The van der Waals surface area contributed by atoms with Crippen LogP contribution in [0.5, 0.6) is 5.75 Å². The molecular formula is C21H33IN4O2. The van der Waals surface area contributed by atoms with Gasteiger partial charge in [0, 0.05) is 31.1 Å². The molecule has 0 saturated carbocycles. The first-order chi connectivity index (χ1) is 13.0. The van der Waals surface area contributed by atoms with E-state index in [0.29, 0.717) is 6.54 Å². The lowest BCUT2D eigenvalue weighted by Crippen LogP contribution is -2.38. The Kier molecular flexibility index (Phi) is 10.3. The maximum Gasteiger partial charge on any atom is 0.191 e. The number of ether oxygens (including phenoxy) is 1. The summed E-state index contributed by atoms with van der Waals surface area (Å²) < 4.78 is 10.7. The summed E-state index contributed by atoms with van der Waals surface area (Å²) in [6, 6.07) is 6.26.